The van der Waals surface area contributed by atoms with Crippen molar-refractivity contribution in [1.82, 2.24) is 4.98 Å². The van der Waals surface area contributed by atoms with Gasteiger partial charge in [0.1, 0.15) is 11.4 Å². The van der Waals surface area contributed by atoms with Gasteiger partial charge in [0.25, 0.3) is 0 Å². The highest BCUT2D eigenvalue weighted by Gasteiger charge is 2.28. The highest BCUT2D eigenvalue weighted by molar-refractivity contribution is 6.29. The smallest absolute Gasteiger partial charge is 0.239 e. The fraction of sp³-hybridized carbons (Fsp3) is 0.333. The van der Waals surface area contributed by atoms with Crippen LogP contribution in [-0.2, 0) is 4.79 Å². The van der Waals surface area contributed by atoms with E-state index in [1.54, 1.807) is 12.1 Å². The van der Waals surface area contributed by atoms with Crippen molar-refractivity contribution in [3.63, 3.8) is 0 Å². The van der Waals surface area contributed by atoms with Gasteiger partial charge in [-0.3, -0.25) is 4.79 Å². The predicted octanol–water partition coefficient (Wildman–Crippen LogP) is 2.88. The molecule has 0 unspecified atom stereocenters. The lowest BCUT2D eigenvalue weighted by molar-refractivity contribution is -0.113. The van der Waals surface area contributed by atoms with Gasteiger partial charge in [0, 0.05) is 11.6 Å². The maximum Gasteiger partial charge on any atom is 0.239 e. The predicted molar refractivity (Wildman–Crippen MR) is 65.3 cm³/mol. The van der Waals surface area contributed by atoms with Crippen LogP contribution in [0, 0.1) is 0 Å². The number of halogens is 1. The molecule has 1 aliphatic rings. The first-order chi connectivity index (χ1) is 8.26. The van der Waals surface area contributed by atoms with E-state index in [0.29, 0.717) is 11.6 Å². The summed E-state index contributed by atoms with van der Waals surface area (Å²) in [4.78, 5) is 15.6. The Morgan fingerprint density at radius 1 is 1.53 bits per heavy atom. The third kappa shape index (κ3) is 2.13. The average molecular weight is 251 g/mol. The number of benzene rings is 1. The number of alkyl halides is 1. The molecule has 3 rings (SSSR count). The SMILES string of the molecule is O=C(CCl)Nc1ccc2oc(C3CC3)nc2c1. The second kappa shape index (κ2) is 4.04. The van der Waals surface area contributed by atoms with E-state index >= 15 is 0 Å². The molecule has 0 bridgehead atoms. The van der Waals surface area contributed by atoms with Crippen LogP contribution in [-0.4, -0.2) is 16.8 Å². The highest BCUT2D eigenvalue weighted by atomic mass is 35.5. The molecular weight excluding hydrogens is 240 g/mol. The van der Waals surface area contributed by atoms with Crippen LogP contribution in [0.3, 0.4) is 0 Å². The summed E-state index contributed by atoms with van der Waals surface area (Å²) < 4.78 is 5.63. The first-order valence-electron chi connectivity index (χ1n) is 5.52. The Morgan fingerprint density at radius 2 is 2.35 bits per heavy atom. The van der Waals surface area contributed by atoms with E-state index in [0.717, 1.165) is 29.8 Å². The fourth-order valence-corrected chi connectivity index (χ4v) is 1.79. The Bertz CT molecular complexity index is 575. The number of rotatable bonds is 3. The molecule has 0 radical (unpaired) electrons. The van der Waals surface area contributed by atoms with E-state index in [1.807, 2.05) is 6.07 Å². The minimum atomic E-state index is -0.225. The molecule has 4 nitrogen and oxygen atoms in total. The number of hydrogen-bond donors (Lipinski definition) is 1. The summed E-state index contributed by atoms with van der Waals surface area (Å²) in [7, 11) is 0. The van der Waals surface area contributed by atoms with Gasteiger partial charge in [-0.15, -0.1) is 11.6 Å². The largest absolute Gasteiger partial charge is 0.440 e. The monoisotopic (exact) mass is 250 g/mol. The molecule has 1 saturated carbocycles. The Balaban J connectivity index is 1.91. The first-order valence-corrected chi connectivity index (χ1v) is 6.06. The lowest BCUT2D eigenvalue weighted by Gasteiger charge is -2.01. The fourth-order valence-electron chi connectivity index (χ4n) is 1.72. The van der Waals surface area contributed by atoms with Gasteiger partial charge in [-0.1, -0.05) is 0 Å². The number of nitrogens with zero attached hydrogens (tertiary/aromatic N) is 1. The van der Waals surface area contributed by atoms with Gasteiger partial charge in [-0.2, -0.15) is 0 Å². The minimum absolute atomic E-state index is 0.0514. The summed E-state index contributed by atoms with van der Waals surface area (Å²) in [6.07, 6.45) is 2.31. The van der Waals surface area contributed by atoms with E-state index in [1.165, 1.54) is 0 Å². The third-order valence-corrected chi connectivity index (χ3v) is 2.98. The number of hydrogen-bond acceptors (Lipinski definition) is 3. The molecule has 5 heteroatoms. The van der Waals surface area contributed by atoms with Gasteiger partial charge in [-0.05, 0) is 31.0 Å². The summed E-state index contributed by atoms with van der Waals surface area (Å²) in [5, 5.41) is 2.69. The molecule has 1 aromatic carbocycles. The lowest BCUT2D eigenvalue weighted by atomic mass is 10.3. The van der Waals surface area contributed by atoms with E-state index in [2.05, 4.69) is 10.3 Å². The van der Waals surface area contributed by atoms with Crippen LogP contribution in [0.25, 0.3) is 11.1 Å². The van der Waals surface area contributed by atoms with Gasteiger partial charge in [0.05, 0.1) is 0 Å². The van der Waals surface area contributed by atoms with Crippen LogP contribution in [0.4, 0.5) is 5.69 Å². The highest BCUT2D eigenvalue weighted by Crippen LogP contribution is 2.40. The molecule has 1 fully saturated rings. The molecule has 2 aromatic rings. The molecule has 0 atom stereocenters. The van der Waals surface area contributed by atoms with Gasteiger partial charge in [0.2, 0.25) is 5.91 Å². The number of aromatic nitrogens is 1. The summed E-state index contributed by atoms with van der Waals surface area (Å²) in [6, 6.07) is 5.40. The Labute approximate surface area is 103 Å². The molecule has 0 saturated heterocycles. The molecule has 1 heterocycles. The zero-order valence-corrected chi connectivity index (χ0v) is 9.83. The molecule has 88 valence electrons. The summed E-state index contributed by atoms with van der Waals surface area (Å²) in [6.45, 7) is 0. The third-order valence-electron chi connectivity index (χ3n) is 2.74. The van der Waals surface area contributed by atoms with Crippen LogP contribution in [0.2, 0.25) is 0 Å². The maximum atomic E-state index is 11.2. The Hall–Kier alpha value is -1.55. The number of fused-ring (bicyclic) bond motifs is 1. The average Bonchev–Trinajstić information content (AvgIpc) is 3.09. The van der Waals surface area contributed by atoms with Crippen LogP contribution >= 0.6 is 11.6 Å². The standard InChI is InChI=1S/C12H11ClN2O2/c13-6-11(16)14-8-3-4-10-9(5-8)15-12(17-10)7-1-2-7/h3-5,7H,1-2,6H2,(H,14,16). The van der Waals surface area contributed by atoms with Crippen molar-refractivity contribution < 1.29 is 9.21 Å². The minimum Gasteiger partial charge on any atom is -0.440 e. The number of amides is 1. The second-order valence-electron chi connectivity index (χ2n) is 4.19. The molecule has 17 heavy (non-hydrogen) atoms. The molecule has 1 aliphatic carbocycles. The second-order valence-corrected chi connectivity index (χ2v) is 4.46. The van der Waals surface area contributed by atoms with Gasteiger partial charge in [0.15, 0.2) is 11.5 Å². The number of oxazole rings is 1. The van der Waals surface area contributed by atoms with E-state index < -0.39 is 0 Å². The zero-order valence-electron chi connectivity index (χ0n) is 9.07. The van der Waals surface area contributed by atoms with Crippen LogP contribution in [0.5, 0.6) is 0 Å². The molecule has 1 amide bonds. The van der Waals surface area contributed by atoms with Crippen molar-refractivity contribution in [2.45, 2.75) is 18.8 Å². The van der Waals surface area contributed by atoms with Crippen LogP contribution in [0.15, 0.2) is 22.6 Å². The van der Waals surface area contributed by atoms with Crippen molar-refractivity contribution in [3.8, 4) is 0 Å². The van der Waals surface area contributed by atoms with E-state index in [4.69, 9.17) is 16.0 Å². The van der Waals surface area contributed by atoms with Crippen molar-refractivity contribution in [3.05, 3.63) is 24.1 Å². The summed E-state index contributed by atoms with van der Waals surface area (Å²) in [5.41, 5.74) is 2.23. The normalized spacial score (nSPS) is 15.1. The molecule has 1 N–H and O–H groups in total. The Morgan fingerprint density at radius 3 is 3.06 bits per heavy atom. The van der Waals surface area contributed by atoms with Crippen LogP contribution < -0.4 is 5.32 Å². The summed E-state index contributed by atoms with van der Waals surface area (Å²) >= 11 is 5.43. The number of carbonyl (C=O) groups is 1. The van der Waals surface area contributed by atoms with Crippen LogP contribution in [0.1, 0.15) is 24.7 Å². The molecule has 0 aliphatic heterocycles. The zero-order chi connectivity index (χ0) is 11.8. The van der Waals surface area contributed by atoms with Crippen molar-refractivity contribution in [2.75, 3.05) is 11.2 Å². The van der Waals surface area contributed by atoms with Gasteiger partial charge in [-0.25, -0.2) is 4.98 Å². The number of anilines is 1. The topological polar surface area (TPSA) is 55.1 Å². The maximum absolute atomic E-state index is 11.2. The molecule has 1 aromatic heterocycles. The summed E-state index contributed by atoms with van der Waals surface area (Å²) in [5.74, 6) is 1.02. The quantitative estimate of drug-likeness (QED) is 0.853. The van der Waals surface area contributed by atoms with Crippen molar-refractivity contribution >= 4 is 34.3 Å². The van der Waals surface area contributed by atoms with Crippen molar-refractivity contribution in [2.24, 2.45) is 0 Å². The number of carbonyl (C=O) groups excluding carboxylic acids is 1. The van der Waals surface area contributed by atoms with Crippen molar-refractivity contribution in [1.29, 1.82) is 0 Å². The Kier molecular flexibility index (Phi) is 2.52. The molecular formula is C12H11ClN2O2. The van der Waals surface area contributed by atoms with Gasteiger partial charge >= 0.3 is 0 Å². The van der Waals surface area contributed by atoms with E-state index in [9.17, 15) is 4.79 Å². The van der Waals surface area contributed by atoms with E-state index in [-0.39, 0.29) is 11.8 Å². The number of nitrogens with one attached hydrogen (secondary N) is 1. The first kappa shape index (κ1) is 10.6. The molecule has 0 spiro atoms. The van der Waals surface area contributed by atoms with Gasteiger partial charge < -0.3 is 9.73 Å². The lowest BCUT2D eigenvalue weighted by Crippen LogP contribution is -2.12.